The molecule has 1 atom stereocenters. The highest BCUT2D eigenvalue weighted by molar-refractivity contribution is 9.10. The van der Waals surface area contributed by atoms with Crippen LogP contribution in [0.5, 0.6) is 0 Å². The van der Waals surface area contributed by atoms with E-state index in [1.807, 2.05) is 4.57 Å². The molecule has 1 aliphatic rings. The first kappa shape index (κ1) is 21.8. The molecule has 9 heteroatoms. The lowest BCUT2D eigenvalue weighted by Gasteiger charge is -2.27. The van der Waals surface area contributed by atoms with E-state index in [1.54, 1.807) is 19.1 Å². The first-order valence-electron chi connectivity index (χ1n) is 9.97. The third kappa shape index (κ3) is 4.08. The Bertz CT molecular complexity index is 1160. The lowest BCUT2D eigenvalue weighted by Crippen LogP contribution is -2.27. The fraction of sp³-hybridized carbons (Fsp3) is 0.409. The molecule has 1 aromatic carbocycles. The minimum atomic E-state index is -0.550. The van der Waals surface area contributed by atoms with Crippen LogP contribution in [0, 0.1) is 17.0 Å². The highest BCUT2D eigenvalue weighted by Crippen LogP contribution is 2.40. The predicted octanol–water partition coefficient (Wildman–Crippen LogP) is 4.84. The van der Waals surface area contributed by atoms with Crippen LogP contribution in [0.25, 0.3) is 11.2 Å². The van der Waals surface area contributed by atoms with Crippen molar-refractivity contribution in [2.24, 2.45) is 5.41 Å². The Balaban J connectivity index is 1.87. The quantitative estimate of drug-likeness (QED) is 0.375. The van der Waals surface area contributed by atoms with Crippen molar-refractivity contribution in [3.8, 4) is 0 Å². The molecule has 6 nitrogen and oxygen atoms in total. The Kier molecular flexibility index (Phi) is 5.83. The summed E-state index contributed by atoms with van der Waals surface area (Å²) < 4.78 is 41.4. The van der Waals surface area contributed by atoms with Crippen LogP contribution in [0.3, 0.4) is 0 Å². The number of pyridine rings is 1. The maximum Gasteiger partial charge on any atom is 0.357 e. The Labute approximate surface area is 186 Å². The Morgan fingerprint density at radius 3 is 2.74 bits per heavy atom. The Morgan fingerprint density at radius 2 is 2.06 bits per heavy atom. The largest absolute Gasteiger partial charge is 0.461 e. The SMILES string of the molecule is CCOC(=O)c1ccc2nc(Cc3cc(F)c(Br)cc3F)n([C@@H]3COCC3(C)C)c2n1. The summed E-state index contributed by atoms with van der Waals surface area (Å²) in [5.41, 5.74) is 1.15. The van der Waals surface area contributed by atoms with Gasteiger partial charge in [0.25, 0.3) is 0 Å². The molecule has 164 valence electrons. The number of hydrogen-bond acceptors (Lipinski definition) is 5. The molecule has 1 aliphatic heterocycles. The summed E-state index contributed by atoms with van der Waals surface area (Å²) in [5, 5.41) is 0. The predicted molar refractivity (Wildman–Crippen MR) is 114 cm³/mol. The molecular formula is C22H22BrF2N3O3. The summed E-state index contributed by atoms with van der Waals surface area (Å²) in [5.74, 6) is -1.09. The maximum absolute atomic E-state index is 14.6. The van der Waals surface area contributed by atoms with Gasteiger partial charge in [-0.15, -0.1) is 0 Å². The van der Waals surface area contributed by atoms with E-state index in [4.69, 9.17) is 9.47 Å². The molecule has 3 aromatic rings. The monoisotopic (exact) mass is 493 g/mol. The number of carbonyl (C=O) groups excluding carboxylic acids is 1. The van der Waals surface area contributed by atoms with Gasteiger partial charge in [-0.25, -0.2) is 23.5 Å². The number of ether oxygens (including phenoxy) is 2. The molecule has 0 radical (unpaired) electrons. The lowest BCUT2D eigenvalue weighted by molar-refractivity contribution is 0.0520. The van der Waals surface area contributed by atoms with Gasteiger partial charge in [0.2, 0.25) is 0 Å². The van der Waals surface area contributed by atoms with Crippen molar-refractivity contribution >= 4 is 33.1 Å². The van der Waals surface area contributed by atoms with Crippen LogP contribution in [0.15, 0.2) is 28.7 Å². The van der Waals surface area contributed by atoms with Crippen LogP contribution in [-0.4, -0.2) is 40.3 Å². The second-order valence-electron chi connectivity index (χ2n) is 8.21. The highest BCUT2D eigenvalue weighted by atomic mass is 79.9. The number of fused-ring (bicyclic) bond motifs is 1. The average Bonchev–Trinajstić information content (AvgIpc) is 3.23. The van der Waals surface area contributed by atoms with E-state index in [0.717, 1.165) is 12.1 Å². The van der Waals surface area contributed by atoms with Crippen LogP contribution in [-0.2, 0) is 15.9 Å². The van der Waals surface area contributed by atoms with Gasteiger partial charge in [-0.1, -0.05) is 13.8 Å². The van der Waals surface area contributed by atoms with Crippen molar-refractivity contribution < 1.29 is 23.0 Å². The van der Waals surface area contributed by atoms with E-state index in [1.165, 1.54) is 0 Å². The van der Waals surface area contributed by atoms with E-state index in [0.29, 0.717) is 30.2 Å². The second-order valence-corrected chi connectivity index (χ2v) is 9.07. The first-order chi connectivity index (χ1) is 14.7. The number of nitrogens with zero attached hydrogens (tertiary/aromatic N) is 3. The maximum atomic E-state index is 14.6. The van der Waals surface area contributed by atoms with Gasteiger partial charge in [0.05, 0.1) is 30.3 Å². The number of halogens is 3. The number of hydrogen-bond donors (Lipinski definition) is 0. The molecule has 31 heavy (non-hydrogen) atoms. The Hall–Kier alpha value is -2.39. The standard InChI is InChI=1S/C22H22BrF2N3O3/c1-4-31-21(29)17-6-5-16-20(27-17)28(18-10-30-11-22(18,2)3)19(26-16)8-12-7-15(25)13(23)9-14(12)24/h5-7,9,18H,4,8,10-11H2,1-3H3/t18-/m1/s1. The van der Waals surface area contributed by atoms with Crippen LogP contribution in [0.4, 0.5) is 8.78 Å². The summed E-state index contributed by atoms with van der Waals surface area (Å²) in [4.78, 5) is 21.4. The van der Waals surface area contributed by atoms with Crippen LogP contribution >= 0.6 is 15.9 Å². The first-order valence-corrected chi connectivity index (χ1v) is 10.8. The molecule has 0 aliphatic carbocycles. The second kappa shape index (κ2) is 8.27. The van der Waals surface area contributed by atoms with E-state index in [-0.39, 0.29) is 40.2 Å². The number of imidazole rings is 1. The van der Waals surface area contributed by atoms with Crippen molar-refractivity contribution in [3.63, 3.8) is 0 Å². The minimum absolute atomic E-state index is 0.0632. The summed E-state index contributed by atoms with van der Waals surface area (Å²) in [6, 6.07) is 5.38. The van der Waals surface area contributed by atoms with Gasteiger partial charge in [0.15, 0.2) is 11.3 Å². The number of esters is 1. The van der Waals surface area contributed by atoms with E-state index in [2.05, 4.69) is 39.7 Å². The van der Waals surface area contributed by atoms with Gasteiger partial charge < -0.3 is 14.0 Å². The Morgan fingerprint density at radius 1 is 1.29 bits per heavy atom. The lowest BCUT2D eigenvalue weighted by atomic mass is 9.87. The van der Waals surface area contributed by atoms with Crippen molar-refractivity contribution in [1.29, 1.82) is 0 Å². The molecule has 4 rings (SSSR count). The zero-order chi connectivity index (χ0) is 22.3. The van der Waals surface area contributed by atoms with E-state index in [9.17, 15) is 13.6 Å². The number of benzene rings is 1. The van der Waals surface area contributed by atoms with Gasteiger partial charge in [0, 0.05) is 11.8 Å². The number of rotatable bonds is 5. The van der Waals surface area contributed by atoms with Gasteiger partial charge in [-0.3, -0.25) is 0 Å². The van der Waals surface area contributed by atoms with Gasteiger partial charge in [-0.2, -0.15) is 0 Å². The molecule has 2 aromatic heterocycles. The molecule has 0 spiro atoms. The van der Waals surface area contributed by atoms with Crippen LogP contribution < -0.4 is 0 Å². The van der Waals surface area contributed by atoms with Crippen LogP contribution in [0.1, 0.15) is 48.7 Å². The molecule has 0 N–H and O–H groups in total. The molecule has 1 fully saturated rings. The fourth-order valence-corrected chi connectivity index (χ4v) is 4.16. The molecule has 0 amide bonds. The molecule has 1 saturated heterocycles. The van der Waals surface area contributed by atoms with Gasteiger partial charge >= 0.3 is 5.97 Å². The average molecular weight is 494 g/mol. The smallest absolute Gasteiger partial charge is 0.357 e. The number of carbonyl (C=O) groups is 1. The summed E-state index contributed by atoms with van der Waals surface area (Å²) in [6.45, 7) is 7.05. The molecular weight excluding hydrogens is 472 g/mol. The zero-order valence-corrected chi connectivity index (χ0v) is 19.0. The van der Waals surface area contributed by atoms with Crippen molar-refractivity contribution in [2.45, 2.75) is 33.2 Å². The zero-order valence-electron chi connectivity index (χ0n) is 17.4. The molecule has 0 saturated carbocycles. The summed E-state index contributed by atoms with van der Waals surface area (Å²) in [6.07, 6.45) is 0.0632. The normalized spacial score (nSPS) is 17.9. The van der Waals surface area contributed by atoms with E-state index >= 15 is 0 Å². The molecule has 0 bridgehead atoms. The third-order valence-electron chi connectivity index (χ3n) is 5.50. The molecule has 3 heterocycles. The highest BCUT2D eigenvalue weighted by Gasteiger charge is 2.39. The summed E-state index contributed by atoms with van der Waals surface area (Å²) in [7, 11) is 0. The van der Waals surface area contributed by atoms with Gasteiger partial charge in [-0.05, 0) is 52.7 Å². The van der Waals surface area contributed by atoms with Crippen molar-refractivity contribution in [2.75, 3.05) is 19.8 Å². The fourth-order valence-electron chi connectivity index (χ4n) is 3.84. The molecule has 0 unspecified atom stereocenters. The summed E-state index contributed by atoms with van der Waals surface area (Å²) >= 11 is 3.01. The van der Waals surface area contributed by atoms with Crippen molar-refractivity contribution in [3.05, 3.63) is 57.5 Å². The number of aromatic nitrogens is 3. The third-order valence-corrected chi connectivity index (χ3v) is 6.10. The van der Waals surface area contributed by atoms with E-state index < -0.39 is 17.6 Å². The van der Waals surface area contributed by atoms with Gasteiger partial charge in [0.1, 0.15) is 23.0 Å². The van der Waals surface area contributed by atoms with Crippen LogP contribution in [0.2, 0.25) is 0 Å². The minimum Gasteiger partial charge on any atom is -0.461 e. The van der Waals surface area contributed by atoms with Crippen molar-refractivity contribution in [1.82, 2.24) is 14.5 Å². The topological polar surface area (TPSA) is 66.2 Å².